The first-order chi connectivity index (χ1) is 8.24. The SMILES string of the molecule is CCCCCNC(=O)NCC(CC)CCCC. The molecule has 0 aliphatic carbocycles. The van der Waals surface area contributed by atoms with Crippen LogP contribution in [-0.4, -0.2) is 19.1 Å². The van der Waals surface area contributed by atoms with Crippen LogP contribution in [0.15, 0.2) is 0 Å². The van der Waals surface area contributed by atoms with Gasteiger partial charge in [-0.25, -0.2) is 4.79 Å². The van der Waals surface area contributed by atoms with Crippen LogP contribution in [0.25, 0.3) is 0 Å². The Balaban J connectivity index is 3.52. The van der Waals surface area contributed by atoms with Gasteiger partial charge in [0.05, 0.1) is 0 Å². The molecule has 0 saturated carbocycles. The largest absolute Gasteiger partial charge is 0.338 e. The molecule has 0 aromatic carbocycles. The van der Waals surface area contributed by atoms with Gasteiger partial charge >= 0.3 is 6.03 Å². The molecule has 0 radical (unpaired) electrons. The molecule has 3 nitrogen and oxygen atoms in total. The standard InChI is InChI=1S/C14H30N2O/c1-4-7-9-11-15-14(17)16-12-13(6-3)10-8-5-2/h13H,4-12H2,1-3H3,(H2,15,16,17). The highest BCUT2D eigenvalue weighted by Gasteiger charge is 2.07. The fraction of sp³-hybridized carbons (Fsp3) is 0.929. The van der Waals surface area contributed by atoms with E-state index >= 15 is 0 Å². The Morgan fingerprint density at radius 1 is 1.00 bits per heavy atom. The highest BCUT2D eigenvalue weighted by atomic mass is 16.2. The Labute approximate surface area is 107 Å². The van der Waals surface area contributed by atoms with E-state index in [0.717, 1.165) is 25.9 Å². The van der Waals surface area contributed by atoms with Gasteiger partial charge in [-0.05, 0) is 18.8 Å². The lowest BCUT2D eigenvalue weighted by atomic mass is 9.99. The molecule has 0 fully saturated rings. The summed E-state index contributed by atoms with van der Waals surface area (Å²) in [6.45, 7) is 8.18. The molecule has 2 amide bonds. The Morgan fingerprint density at radius 3 is 2.29 bits per heavy atom. The van der Waals surface area contributed by atoms with Gasteiger partial charge in [0.15, 0.2) is 0 Å². The zero-order valence-electron chi connectivity index (χ0n) is 11.8. The molecule has 17 heavy (non-hydrogen) atoms. The van der Waals surface area contributed by atoms with Gasteiger partial charge in [0.1, 0.15) is 0 Å². The van der Waals surface area contributed by atoms with Crippen molar-refractivity contribution in [3.05, 3.63) is 0 Å². The van der Waals surface area contributed by atoms with Crippen molar-refractivity contribution >= 4 is 6.03 Å². The minimum absolute atomic E-state index is 0.00366. The zero-order chi connectivity index (χ0) is 12.9. The lowest BCUT2D eigenvalue weighted by Crippen LogP contribution is -2.38. The smallest absolute Gasteiger partial charge is 0.314 e. The number of carbonyl (C=O) groups excluding carboxylic acids is 1. The summed E-state index contributed by atoms with van der Waals surface area (Å²) >= 11 is 0. The summed E-state index contributed by atoms with van der Waals surface area (Å²) in [5.41, 5.74) is 0. The number of nitrogens with one attached hydrogen (secondary N) is 2. The van der Waals surface area contributed by atoms with Crippen molar-refractivity contribution in [3.63, 3.8) is 0 Å². The van der Waals surface area contributed by atoms with E-state index in [1.54, 1.807) is 0 Å². The molecule has 3 heteroatoms. The molecule has 1 atom stereocenters. The second-order valence-electron chi connectivity index (χ2n) is 4.76. The van der Waals surface area contributed by atoms with Crippen LogP contribution >= 0.6 is 0 Å². The van der Waals surface area contributed by atoms with E-state index in [4.69, 9.17) is 0 Å². The van der Waals surface area contributed by atoms with Gasteiger partial charge in [-0.15, -0.1) is 0 Å². The number of hydrogen-bond acceptors (Lipinski definition) is 1. The molecular weight excluding hydrogens is 212 g/mol. The topological polar surface area (TPSA) is 41.1 Å². The van der Waals surface area contributed by atoms with Crippen LogP contribution in [0.1, 0.15) is 65.7 Å². The quantitative estimate of drug-likeness (QED) is 0.564. The zero-order valence-corrected chi connectivity index (χ0v) is 11.8. The summed E-state index contributed by atoms with van der Waals surface area (Å²) < 4.78 is 0. The molecule has 0 aromatic heterocycles. The van der Waals surface area contributed by atoms with Crippen LogP contribution in [0, 0.1) is 5.92 Å². The molecule has 0 saturated heterocycles. The van der Waals surface area contributed by atoms with E-state index in [9.17, 15) is 4.79 Å². The van der Waals surface area contributed by atoms with Crippen molar-refractivity contribution in [2.24, 2.45) is 5.92 Å². The first-order valence-corrected chi connectivity index (χ1v) is 7.26. The number of carbonyl (C=O) groups is 1. The molecule has 2 N–H and O–H groups in total. The number of amides is 2. The van der Waals surface area contributed by atoms with Gasteiger partial charge in [-0.2, -0.15) is 0 Å². The predicted molar refractivity (Wildman–Crippen MR) is 74.2 cm³/mol. The van der Waals surface area contributed by atoms with Gasteiger partial charge in [-0.3, -0.25) is 0 Å². The van der Waals surface area contributed by atoms with Crippen LogP contribution in [0.2, 0.25) is 0 Å². The van der Waals surface area contributed by atoms with Crippen LogP contribution in [-0.2, 0) is 0 Å². The Hall–Kier alpha value is -0.730. The molecule has 0 aliphatic heterocycles. The lowest BCUT2D eigenvalue weighted by Gasteiger charge is -2.15. The lowest BCUT2D eigenvalue weighted by molar-refractivity contribution is 0.238. The molecule has 102 valence electrons. The summed E-state index contributed by atoms with van der Waals surface area (Å²) in [7, 11) is 0. The highest BCUT2D eigenvalue weighted by Crippen LogP contribution is 2.10. The first-order valence-electron chi connectivity index (χ1n) is 7.26. The van der Waals surface area contributed by atoms with E-state index in [1.807, 2.05) is 0 Å². The molecule has 0 aliphatic rings. The predicted octanol–water partition coefficient (Wildman–Crippen LogP) is 3.69. The molecule has 0 aromatic rings. The summed E-state index contributed by atoms with van der Waals surface area (Å²) in [6, 6.07) is -0.00366. The minimum Gasteiger partial charge on any atom is -0.338 e. The fourth-order valence-electron chi connectivity index (χ4n) is 1.82. The minimum atomic E-state index is -0.00366. The van der Waals surface area contributed by atoms with Gasteiger partial charge in [-0.1, -0.05) is 52.9 Å². The van der Waals surface area contributed by atoms with Crippen molar-refractivity contribution < 1.29 is 4.79 Å². The maximum atomic E-state index is 11.5. The number of rotatable bonds is 10. The average molecular weight is 242 g/mol. The van der Waals surface area contributed by atoms with Gasteiger partial charge in [0, 0.05) is 13.1 Å². The molecule has 1 unspecified atom stereocenters. The third-order valence-corrected chi connectivity index (χ3v) is 3.16. The third kappa shape index (κ3) is 10.2. The summed E-state index contributed by atoms with van der Waals surface area (Å²) in [5, 5.41) is 5.87. The highest BCUT2D eigenvalue weighted by molar-refractivity contribution is 5.73. The monoisotopic (exact) mass is 242 g/mol. The van der Waals surface area contributed by atoms with E-state index in [-0.39, 0.29) is 6.03 Å². The normalized spacial score (nSPS) is 12.2. The van der Waals surface area contributed by atoms with E-state index < -0.39 is 0 Å². The second-order valence-corrected chi connectivity index (χ2v) is 4.76. The van der Waals surface area contributed by atoms with Crippen molar-refractivity contribution in [2.45, 2.75) is 65.7 Å². The second kappa shape index (κ2) is 11.7. The Morgan fingerprint density at radius 2 is 1.71 bits per heavy atom. The van der Waals surface area contributed by atoms with E-state index in [0.29, 0.717) is 5.92 Å². The van der Waals surface area contributed by atoms with Crippen molar-refractivity contribution in [1.82, 2.24) is 10.6 Å². The summed E-state index contributed by atoms with van der Waals surface area (Å²) in [4.78, 5) is 11.5. The molecule has 0 spiro atoms. The van der Waals surface area contributed by atoms with E-state index in [2.05, 4.69) is 31.4 Å². The maximum Gasteiger partial charge on any atom is 0.314 e. The Bertz CT molecular complexity index is 183. The molecular formula is C14H30N2O. The summed E-state index contributed by atoms with van der Waals surface area (Å²) in [5.74, 6) is 0.636. The number of unbranched alkanes of at least 4 members (excludes halogenated alkanes) is 3. The molecule has 0 rings (SSSR count). The summed E-state index contributed by atoms with van der Waals surface area (Å²) in [6.07, 6.45) is 8.33. The van der Waals surface area contributed by atoms with Gasteiger partial charge < -0.3 is 10.6 Å². The first kappa shape index (κ1) is 16.3. The average Bonchev–Trinajstić information content (AvgIpc) is 2.35. The maximum absolute atomic E-state index is 11.5. The van der Waals surface area contributed by atoms with Gasteiger partial charge in [0.2, 0.25) is 0 Å². The molecule has 0 bridgehead atoms. The van der Waals surface area contributed by atoms with Crippen LogP contribution in [0.4, 0.5) is 4.79 Å². The van der Waals surface area contributed by atoms with Crippen LogP contribution in [0.5, 0.6) is 0 Å². The Kier molecular flexibility index (Phi) is 11.2. The van der Waals surface area contributed by atoms with Crippen molar-refractivity contribution in [2.75, 3.05) is 13.1 Å². The number of hydrogen-bond donors (Lipinski definition) is 2. The van der Waals surface area contributed by atoms with Crippen molar-refractivity contribution in [3.8, 4) is 0 Å². The molecule has 0 heterocycles. The van der Waals surface area contributed by atoms with Crippen LogP contribution < -0.4 is 10.6 Å². The van der Waals surface area contributed by atoms with Gasteiger partial charge in [0.25, 0.3) is 0 Å². The van der Waals surface area contributed by atoms with Crippen LogP contribution in [0.3, 0.4) is 0 Å². The fourth-order valence-corrected chi connectivity index (χ4v) is 1.82. The van der Waals surface area contributed by atoms with Crippen molar-refractivity contribution in [1.29, 1.82) is 0 Å². The van der Waals surface area contributed by atoms with E-state index in [1.165, 1.54) is 32.1 Å². The number of urea groups is 1. The third-order valence-electron chi connectivity index (χ3n) is 3.16.